The van der Waals surface area contributed by atoms with Gasteiger partial charge in [0.15, 0.2) is 0 Å². The Morgan fingerprint density at radius 1 is 0.897 bits per heavy atom. The highest BCUT2D eigenvalue weighted by Crippen LogP contribution is 2.18. The van der Waals surface area contributed by atoms with E-state index in [1.165, 1.54) is 0 Å². The molecule has 1 amide bonds. The van der Waals surface area contributed by atoms with Gasteiger partial charge in [0.25, 0.3) is 5.91 Å². The zero-order valence-electron chi connectivity index (χ0n) is 16.4. The Morgan fingerprint density at radius 3 is 2.45 bits per heavy atom. The standard InChI is InChI=1S/C23H25N5O/c29-23(26-17-19-6-2-1-3-7-19)22-16-21(9-11-25-22)28-14-12-27(13-15-28)18-20-8-4-5-10-24-20/h1-11,16H,12-15,17-18H2,(H,26,29). The van der Waals surface area contributed by atoms with Crippen molar-refractivity contribution in [3.8, 4) is 0 Å². The molecule has 1 fully saturated rings. The fourth-order valence-corrected chi connectivity index (χ4v) is 3.49. The van der Waals surface area contributed by atoms with E-state index in [0.29, 0.717) is 12.2 Å². The van der Waals surface area contributed by atoms with Gasteiger partial charge < -0.3 is 10.2 Å². The second-order valence-corrected chi connectivity index (χ2v) is 7.15. The van der Waals surface area contributed by atoms with E-state index in [-0.39, 0.29) is 5.91 Å². The summed E-state index contributed by atoms with van der Waals surface area (Å²) < 4.78 is 0. The maximum absolute atomic E-state index is 12.5. The minimum Gasteiger partial charge on any atom is -0.369 e. The van der Waals surface area contributed by atoms with Crippen LogP contribution >= 0.6 is 0 Å². The Labute approximate surface area is 171 Å². The molecule has 0 radical (unpaired) electrons. The van der Waals surface area contributed by atoms with E-state index in [2.05, 4.69) is 31.2 Å². The molecule has 29 heavy (non-hydrogen) atoms. The van der Waals surface area contributed by atoms with E-state index in [4.69, 9.17) is 0 Å². The second-order valence-electron chi connectivity index (χ2n) is 7.15. The number of pyridine rings is 2. The summed E-state index contributed by atoms with van der Waals surface area (Å²) in [5.74, 6) is -0.149. The van der Waals surface area contributed by atoms with Gasteiger partial charge in [0.1, 0.15) is 5.69 Å². The molecule has 1 aromatic carbocycles. The van der Waals surface area contributed by atoms with Gasteiger partial charge in [-0.15, -0.1) is 0 Å². The van der Waals surface area contributed by atoms with Crippen LogP contribution in [0.5, 0.6) is 0 Å². The topological polar surface area (TPSA) is 61.4 Å². The molecule has 1 aliphatic heterocycles. The second kappa shape index (κ2) is 9.30. The minimum absolute atomic E-state index is 0.149. The first-order valence-corrected chi connectivity index (χ1v) is 9.93. The van der Waals surface area contributed by atoms with Crippen LogP contribution in [-0.2, 0) is 13.1 Å². The number of rotatable bonds is 6. The summed E-state index contributed by atoms with van der Waals surface area (Å²) in [6, 6.07) is 19.8. The Balaban J connectivity index is 1.32. The molecular weight excluding hydrogens is 362 g/mol. The van der Waals surface area contributed by atoms with Crippen LogP contribution < -0.4 is 10.2 Å². The highest BCUT2D eigenvalue weighted by Gasteiger charge is 2.19. The Morgan fingerprint density at radius 2 is 1.69 bits per heavy atom. The maximum Gasteiger partial charge on any atom is 0.270 e. The zero-order valence-corrected chi connectivity index (χ0v) is 16.4. The lowest BCUT2D eigenvalue weighted by Gasteiger charge is -2.36. The highest BCUT2D eigenvalue weighted by atomic mass is 16.1. The smallest absolute Gasteiger partial charge is 0.270 e. The van der Waals surface area contributed by atoms with Gasteiger partial charge in [-0.2, -0.15) is 0 Å². The van der Waals surface area contributed by atoms with E-state index in [0.717, 1.165) is 49.7 Å². The highest BCUT2D eigenvalue weighted by molar-refractivity contribution is 5.93. The first kappa shape index (κ1) is 19.1. The molecule has 4 rings (SSSR count). The molecule has 3 heterocycles. The van der Waals surface area contributed by atoms with Crippen molar-refractivity contribution in [2.24, 2.45) is 0 Å². The number of carbonyl (C=O) groups is 1. The molecule has 3 aromatic rings. The van der Waals surface area contributed by atoms with E-state index >= 15 is 0 Å². The largest absolute Gasteiger partial charge is 0.369 e. The summed E-state index contributed by atoms with van der Waals surface area (Å²) in [5, 5.41) is 2.94. The van der Waals surface area contributed by atoms with Crippen LogP contribution in [0, 0.1) is 0 Å². The van der Waals surface area contributed by atoms with E-state index in [9.17, 15) is 4.79 Å². The van der Waals surface area contributed by atoms with Crippen molar-refractivity contribution in [3.63, 3.8) is 0 Å². The van der Waals surface area contributed by atoms with Crippen molar-refractivity contribution in [3.05, 3.63) is 90.0 Å². The molecule has 1 aliphatic rings. The summed E-state index contributed by atoms with van der Waals surface area (Å²) in [6.45, 7) is 5.14. The molecule has 0 bridgehead atoms. The van der Waals surface area contributed by atoms with Crippen LogP contribution in [-0.4, -0.2) is 47.0 Å². The first-order chi connectivity index (χ1) is 14.3. The lowest BCUT2D eigenvalue weighted by molar-refractivity contribution is 0.0946. The van der Waals surface area contributed by atoms with Gasteiger partial charge in [-0.3, -0.25) is 19.7 Å². The molecule has 0 saturated carbocycles. The summed E-state index contributed by atoms with van der Waals surface area (Å²) in [4.78, 5) is 25.9. The van der Waals surface area contributed by atoms with Gasteiger partial charge in [0, 0.05) is 57.3 Å². The van der Waals surface area contributed by atoms with Crippen LogP contribution in [0.3, 0.4) is 0 Å². The molecule has 0 aliphatic carbocycles. The molecule has 0 atom stereocenters. The van der Waals surface area contributed by atoms with Crippen LogP contribution in [0.4, 0.5) is 5.69 Å². The van der Waals surface area contributed by atoms with Crippen molar-refractivity contribution in [2.75, 3.05) is 31.1 Å². The number of aromatic nitrogens is 2. The average molecular weight is 387 g/mol. The molecule has 0 spiro atoms. The molecule has 148 valence electrons. The number of piperazine rings is 1. The van der Waals surface area contributed by atoms with Gasteiger partial charge >= 0.3 is 0 Å². The SMILES string of the molecule is O=C(NCc1ccccc1)c1cc(N2CCN(Cc3ccccn3)CC2)ccn1. The third-order valence-corrected chi connectivity index (χ3v) is 5.12. The molecule has 0 unspecified atom stereocenters. The van der Waals surface area contributed by atoms with Crippen LogP contribution in [0.25, 0.3) is 0 Å². The lowest BCUT2D eigenvalue weighted by Crippen LogP contribution is -2.46. The third-order valence-electron chi connectivity index (χ3n) is 5.12. The fourth-order valence-electron chi connectivity index (χ4n) is 3.49. The number of nitrogens with one attached hydrogen (secondary N) is 1. The van der Waals surface area contributed by atoms with E-state index in [1.807, 2.05) is 60.8 Å². The van der Waals surface area contributed by atoms with Gasteiger partial charge in [0.05, 0.1) is 5.69 Å². The lowest BCUT2D eigenvalue weighted by atomic mass is 10.2. The molecular formula is C23H25N5O. The number of anilines is 1. The van der Waals surface area contributed by atoms with Crippen molar-refractivity contribution in [1.29, 1.82) is 0 Å². The number of hydrogen-bond donors (Lipinski definition) is 1. The van der Waals surface area contributed by atoms with Gasteiger partial charge in [0.2, 0.25) is 0 Å². The maximum atomic E-state index is 12.5. The van der Waals surface area contributed by atoms with E-state index in [1.54, 1.807) is 6.20 Å². The molecule has 1 saturated heterocycles. The third kappa shape index (κ3) is 5.18. The zero-order chi connectivity index (χ0) is 19.9. The van der Waals surface area contributed by atoms with Gasteiger partial charge in [-0.05, 0) is 29.8 Å². The summed E-state index contributed by atoms with van der Waals surface area (Å²) in [5.41, 5.74) is 3.67. The van der Waals surface area contributed by atoms with Crippen molar-refractivity contribution < 1.29 is 4.79 Å². The quantitative estimate of drug-likeness (QED) is 0.705. The average Bonchev–Trinajstić information content (AvgIpc) is 2.79. The number of nitrogens with zero attached hydrogens (tertiary/aromatic N) is 4. The number of benzene rings is 1. The number of amides is 1. The summed E-state index contributed by atoms with van der Waals surface area (Å²) in [6.07, 6.45) is 3.56. The van der Waals surface area contributed by atoms with E-state index < -0.39 is 0 Å². The van der Waals surface area contributed by atoms with Crippen LogP contribution in [0.1, 0.15) is 21.7 Å². The number of carbonyl (C=O) groups excluding carboxylic acids is 1. The van der Waals surface area contributed by atoms with Gasteiger partial charge in [-0.1, -0.05) is 36.4 Å². The van der Waals surface area contributed by atoms with Crippen molar-refractivity contribution in [2.45, 2.75) is 13.1 Å². The molecule has 1 N–H and O–H groups in total. The van der Waals surface area contributed by atoms with Gasteiger partial charge in [-0.25, -0.2) is 0 Å². The summed E-state index contributed by atoms with van der Waals surface area (Å²) in [7, 11) is 0. The monoisotopic (exact) mass is 387 g/mol. The minimum atomic E-state index is -0.149. The Hall–Kier alpha value is -3.25. The predicted octanol–water partition coefficient (Wildman–Crippen LogP) is 2.73. The normalized spacial score (nSPS) is 14.6. The van der Waals surface area contributed by atoms with Crippen molar-refractivity contribution >= 4 is 11.6 Å². The van der Waals surface area contributed by atoms with Crippen LogP contribution in [0.15, 0.2) is 73.1 Å². The molecule has 2 aromatic heterocycles. The van der Waals surface area contributed by atoms with Crippen molar-refractivity contribution in [1.82, 2.24) is 20.2 Å². The number of hydrogen-bond acceptors (Lipinski definition) is 5. The molecule has 6 nitrogen and oxygen atoms in total. The predicted molar refractivity (Wildman–Crippen MR) is 114 cm³/mol. The Kier molecular flexibility index (Phi) is 6.12. The summed E-state index contributed by atoms with van der Waals surface area (Å²) >= 11 is 0. The molecule has 6 heteroatoms. The fraction of sp³-hybridized carbons (Fsp3) is 0.261. The Bertz CT molecular complexity index is 924. The first-order valence-electron chi connectivity index (χ1n) is 9.93. The van der Waals surface area contributed by atoms with Crippen LogP contribution in [0.2, 0.25) is 0 Å².